The Bertz CT molecular complexity index is 128. The zero-order valence-electron chi connectivity index (χ0n) is 9.71. The van der Waals surface area contributed by atoms with E-state index < -0.39 is 8.96 Å². The highest BCUT2D eigenvalue weighted by Crippen LogP contribution is 2.28. The zero-order chi connectivity index (χ0) is 9.84. The fourth-order valence-electron chi connectivity index (χ4n) is 2.26. The molecule has 0 aliphatic carbocycles. The molecule has 2 atom stereocenters. The van der Waals surface area contributed by atoms with Gasteiger partial charge in [-0.3, -0.25) is 0 Å². The highest BCUT2D eigenvalue weighted by molar-refractivity contribution is 6.58. The fourth-order valence-corrected chi connectivity index (χ4v) is 5.49. The van der Waals surface area contributed by atoms with Crippen molar-refractivity contribution in [3.05, 3.63) is 0 Å². The standard InChI is InChI=1S/C11H25NSi/c1-5-10(3)12(11(4)6-2)13-8-7-9-13/h10-11,13H,5-9H2,1-4H3. The van der Waals surface area contributed by atoms with Gasteiger partial charge in [0.25, 0.3) is 0 Å². The number of hydrogen-bond donors (Lipinski definition) is 0. The minimum absolute atomic E-state index is 0.433. The summed E-state index contributed by atoms with van der Waals surface area (Å²) in [6.45, 7) is 9.48. The van der Waals surface area contributed by atoms with Crippen LogP contribution in [0.5, 0.6) is 0 Å². The molecule has 78 valence electrons. The highest BCUT2D eigenvalue weighted by atomic mass is 28.3. The van der Waals surface area contributed by atoms with Gasteiger partial charge in [-0.2, -0.15) is 0 Å². The summed E-state index contributed by atoms with van der Waals surface area (Å²) in [7, 11) is -0.433. The molecule has 1 fully saturated rings. The van der Waals surface area contributed by atoms with E-state index in [1.807, 2.05) is 0 Å². The van der Waals surface area contributed by atoms with Gasteiger partial charge >= 0.3 is 0 Å². The van der Waals surface area contributed by atoms with Crippen molar-refractivity contribution in [1.82, 2.24) is 4.57 Å². The van der Waals surface area contributed by atoms with Crippen LogP contribution < -0.4 is 0 Å². The maximum atomic E-state index is 2.89. The molecule has 1 aliphatic rings. The SMILES string of the molecule is CCC(C)N(C(C)CC)[SiH]1CCC1. The summed E-state index contributed by atoms with van der Waals surface area (Å²) in [5.41, 5.74) is 0. The van der Waals surface area contributed by atoms with Crippen LogP contribution in [0, 0.1) is 0 Å². The van der Waals surface area contributed by atoms with Crippen LogP contribution in [0.3, 0.4) is 0 Å². The topological polar surface area (TPSA) is 3.24 Å². The van der Waals surface area contributed by atoms with Crippen molar-refractivity contribution < 1.29 is 0 Å². The van der Waals surface area contributed by atoms with Crippen LogP contribution in [-0.2, 0) is 0 Å². The van der Waals surface area contributed by atoms with Crippen LogP contribution in [0.15, 0.2) is 0 Å². The van der Waals surface area contributed by atoms with Gasteiger partial charge in [-0.25, -0.2) is 0 Å². The lowest BCUT2D eigenvalue weighted by molar-refractivity contribution is 0.253. The minimum atomic E-state index is -0.433. The van der Waals surface area contributed by atoms with E-state index >= 15 is 0 Å². The highest BCUT2D eigenvalue weighted by Gasteiger charge is 2.31. The molecule has 1 aliphatic heterocycles. The second kappa shape index (κ2) is 5.16. The van der Waals surface area contributed by atoms with E-state index in [-0.39, 0.29) is 0 Å². The second-order valence-electron chi connectivity index (χ2n) is 4.55. The molecule has 13 heavy (non-hydrogen) atoms. The van der Waals surface area contributed by atoms with Gasteiger partial charge in [0.15, 0.2) is 0 Å². The molecule has 0 saturated carbocycles. The molecular weight excluding hydrogens is 174 g/mol. The van der Waals surface area contributed by atoms with Crippen molar-refractivity contribution in [1.29, 1.82) is 0 Å². The Morgan fingerprint density at radius 1 is 1.08 bits per heavy atom. The van der Waals surface area contributed by atoms with Crippen LogP contribution in [0.1, 0.15) is 47.0 Å². The third kappa shape index (κ3) is 2.56. The van der Waals surface area contributed by atoms with Crippen LogP contribution in [0.25, 0.3) is 0 Å². The Kier molecular flexibility index (Phi) is 4.46. The van der Waals surface area contributed by atoms with Crippen molar-refractivity contribution in [2.45, 2.75) is 71.1 Å². The summed E-state index contributed by atoms with van der Waals surface area (Å²) in [4.78, 5) is 0. The van der Waals surface area contributed by atoms with Gasteiger partial charge < -0.3 is 4.57 Å². The Morgan fingerprint density at radius 2 is 1.54 bits per heavy atom. The fraction of sp³-hybridized carbons (Fsp3) is 1.00. The lowest BCUT2D eigenvalue weighted by Gasteiger charge is -2.44. The van der Waals surface area contributed by atoms with E-state index in [2.05, 4.69) is 32.3 Å². The Morgan fingerprint density at radius 3 is 1.77 bits per heavy atom. The van der Waals surface area contributed by atoms with E-state index in [9.17, 15) is 0 Å². The predicted molar refractivity (Wildman–Crippen MR) is 62.7 cm³/mol. The maximum Gasteiger partial charge on any atom is 0.112 e. The van der Waals surface area contributed by atoms with Crippen molar-refractivity contribution in [2.75, 3.05) is 0 Å². The third-order valence-electron chi connectivity index (χ3n) is 3.70. The molecule has 0 aromatic heterocycles. The Labute approximate surface area is 85.2 Å². The second-order valence-corrected chi connectivity index (χ2v) is 7.61. The predicted octanol–water partition coefficient (Wildman–Crippen LogP) is 3.01. The van der Waals surface area contributed by atoms with Gasteiger partial charge in [0, 0.05) is 12.1 Å². The average molecular weight is 199 g/mol. The molecule has 1 rings (SSSR count). The summed E-state index contributed by atoms with van der Waals surface area (Å²) in [5.74, 6) is 0. The molecule has 1 heterocycles. The summed E-state index contributed by atoms with van der Waals surface area (Å²) in [6, 6.07) is 4.84. The summed E-state index contributed by atoms with van der Waals surface area (Å²) in [5, 5.41) is 0. The van der Waals surface area contributed by atoms with Crippen molar-refractivity contribution in [2.24, 2.45) is 0 Å². The molecule has 2 heteroatoms. The summed E-state index contributed by atoms with van der Waals surface area (Å²) in [6.07, 6.45) is 4.17. The van der Waals surface area contributed by atoms with E-state index in [1.165, 1.54) is 19.3 Å². The van der Waals surface area contributed by atoms with Gasteiger partial charge in [0.05, 0.1) is 0 Å². The van der Waals surface area contributed by atoms with E-state index in [0.717, 1.165) is 12.1 Å². The Hall–Kier alpha value is 0.177. The lowest BCUT2D eigenvalue weighted by atomic mass is 10.2. The molecule has 0 aromatic carbocycles. The van der Waals surface area contributed by atoms with E-state index in [0.29, 0.717) is 0 Å². The Balaban J connectivity index is 2.51. The molecule has 0 bridgehead atoms. The normalized spacial score (nSPS) is 22.8. The quantitative estimate of drug-likeness (QED) is 0.615. The average Bonchev–Trinajstić information content (AvgIpc) is 2.08. The minimum Gasteiger partial charge on any atom is -0.321 e. The summed E-state index contributed by atoms with van der Waals surface area (Å²) < 4.78 is 2.89. The van der Waals surface area contributed by atoms with Crippen LogP contribution in [-0.4, -0.2) is 25.6 Å². The van der Waals surface area contributed by atoms with Crippen LogP contribution >= 0.6 is 0 Å². The van der Waals surface area contributed by atoms with Gasteiger partial charge in [0.1, 0.15) is 8.96 Å². The summed E-state index contributed by atoms with van der Waals surface area (Å²) >= 11 is 0. The number of rotatable bonds is 5. The molecular formula is C11H25NSi. The van der Waals surface area contributed by atoms with Crippen molar-refractivity contribution >= 4 is 8.96 Å². The number of hydrogen-bond acceptors (Lipinski definition) is 1. The molecule has 0 spiro atoms. The number of nitrogens with zero attached hydrogens (tertiary/aromatic N) is 1. The molecule has 0 N–H and O–H groups in total. The maximum absolute atomic E-state index is 2.89. The van der Waals surface area contributed by atoms with Crippen LogP contribution in [0.4, 0.5) is 0 Å². The van der Waals surface area contributed by atoms with E-state index in [1.54, 1.807) is 12.1 Å². The first kappa shape index (κ1) is 11.3. The van der Waals surface area contributed by atoms with Gasteiger partial charge in [0.2, 0.25) is 0 Å². The largest absolute Gasteiger partial charge is 0.321 e. The van der Waals surface area contributed by atoms with Gasteiger partial charge in [-0.15, -0.1) is 0 Å². The molecule has 0 radical (unpaired) electrons. The molecule has 1 nitrogen and oxygen atoms in total. The van der Waals surface area contributed by atoms with E-state index in [4.69, 9.17) is 0 Å². The molecule has 2 unspecified atom stereocenters. The van der Waals surface area contributed by atoms with Gasteiger partial charge in [-0.1, -0.05) is 34.1 Å². The molecule has 1 saturated heterocycles. The first-order chi connectivity index (χ1) is 6.20. The molecule has 0 aromatic rings. The third-order valence-corrected chi connectivity index (χ3v) is 7.71. The van der Waals surface area contributed by atoms with Gasteiger partial charge in [-0.05, 0) is 24.9 Å². The first-order valence-electron chi connectivity index (χ1n) is 5.98. The molecule has 0 amide bonds. The smallest absolute Gasteiger partial charge is 0.112 e. The lowest BCUT2D eigenvalue weighted by Crippen LogP contribution is -2.52. The zero-order valence-corrected chi connectivity index (χ0v) is 10.9. The monoisotopic (exact) mass is 199 g/mol. The first-order valence-corrected chi connectivity index (χ1v) is 8.13. The van der Waals surface area contributed by atoms with Crippen molar-refractivity contribution in [3.63, 3.8) is 0 Å². The van der Waals surface area contributed by atoms with Crippen LogP contribution in [0.2, 0.25) is 12.1 Å². The van der Waals surface area contributed by atoms with Crippen molar-refractivity contribution in [3.8, 4) is 0 Å².